The summed E-state index contributed by atoms with van der Waals surface area (Å²) in [6, 6.07) is 17.5. The molecule has 3 rings (SSSR count). The number of hydrogen-bond donors (Lipinski definition) is 1. The third-order valence-electron chi connectivity index (χ3n) is 4.21. The van der Waals surface area contributed by atoms with Crippen molar-refractivity contribution in [1.29, 1.82) is 0 Å². The molecular formula is C20H21N5O2. The van der Waals surface area contributed by atoms with Gasteiger partial charge in [0, 0.05) is 18.8 Å². The molecule has 0 bridgehead atoms. The number of anilines is 3. The molecule has 0 amide bonds. The molecule has 0 aliphatic heterocycles. The van der Waals surface area contributed by atoms with E-state index >= 15 is 0 Å². The average Bonchev–Trinajstić information content (AvgIpc) is 2.69. The second-order valence-electron chi connectivity index (χ2n) is 6.07. The standard InChI is InChI=1S/C20H21N5O2/c1-3-24(17-7-5-4-6-8-17)20-18(25(26)27)19(22-14-23-20)21-13-16-11-9-15(2)10-12-16/h4-12,14H,3,13H2,1-2H3,(H,21,22,23). The largest absolute Gasteiger partial charge is 0.360 e. The van der Waals surface area contributed by atoms with Crippen LogP contribution in [0.1, 0.15) is 18.1 Å². The van der Waals surface area contributed by atoms with Crippen LogP contribution < -0.4 is 10.2 Å². The smallest absolute Gasteiger partial charge is 0.353 e. The van der Waals surface area contributed by atoms with Crippen molar-refractivity contribution in [2.45, 2.75) is 20.4 Å². The Morgan fingerprint density at radius 3 is 2.41 bits per heavy atom. The molecule has 0 spiro atoms. The first kappa shape index (κ1) is 18.3. The van der Waals surface area contributed by atoms with Crippen LogP contribution in [0.4, 0.5) is 23.0 Å². The number of nitrogens with zero attached hydrogens (tertiary/aromatic N) is 4. The molecule has 1 aromatic heterocycles. The normalized spacial score (nSPS) is 10.4. The van der Waals surface area contributed by atoms with Gasteiger partial charge >= 0.3 is 5.69 Å². The van der Waals surface area contributed by atoms with Gasteiger partial charge in [0.05, 0.1) is 4.92 Å². The van der Waals surface area contributed by atoms with Gasteiger partial charge in [-0.2, -0.15) is 0 Å². The summed E-state index contributed by atoms with van der Waals surface area (Å²) in [5.74, 6) is 0.482. The van der Waals surface area contributed by atoms with E-state index in [-0.39, 0.29) is 17.3 Å². The maximum absolute atomic E-state index is 11.8. The summed E-state index contributed by atoms with van der Waals surface area (Å²) in [5, 5.41) is 14.9. The maximum atomic E-state index is 11.8. The summed E-state index contributed by atoms with van der Waals surface area (Å²) in [4.78, 5) is 21.5. The lowest BCUT2D eigenvalue weighted by Gasteiger charge is -2.22. The van der Waals surface area contributed by atoms with Crippen molar-refractivity contribution in [3.8, 4) is 0 Å². The minimum atomic E-state index is -0.432. The third kappa shape index (κ3) is 4.20. The van der Waals surface area contributed by atoms with E-state index in [1.54, 1.807) is 4.90 Å². The number of benzene rings is 2. The Hall–Kier alpha value is -3.48. The van der Waals surface area contributed by atoms with Gasteiger partial charge in [-0.25, -0.2) is 9.97 Å². The molecule has 0 saturated carbocycles. The number of rotatable bonds is 7. The molecule has 0 unspecified atom stereocenters. The van der Waals surface area contributed by atoms with E-state index in [4.69, 9.17) is 0 Å². The first-order chi connectivity index (χ1) is 13.1. The van der Waals surface area contributed by atoms with Crippen LogP contribution in [0.15, 0.2) is 60.9 Å². The van der Waals surface area contributed by atoms with E-state index in [1.807, 2.05) is 68.4 Å². The molecule has 0 aliphatic rings. The fourth-order valence-electron chi connectivity index (χ4n) is 2.82. The maximum Gasteiger partial charge on any atom is 0.353 e. The van der Waals surface area contributed by atoms with Gasteiger partial charge in [0.1, 0.15) is 6.33 Å². The highest BCUT2D eigenvalue weighted by Gasteiger charge is 2.27. The summed E-state index contributed by atoms with van der Waals surface area (Å²) in [6.07, 6.45) is 1.35. The number of para-hydroxylation sites is 1. The molecule has 7 heteroatoms. The van der Waals surface area contributed by atoms with Gasteiger partial charge in [0.25, 0.3) is 0 Å². The zero-order valence-corrected chi connectivity index (χ0v) is 15.3. The fraction of sp³-hybridized carbons (Fsp3) is 0.200. The molecule has 0 saturated heterocycles. The van der Waals surface area contributed by atoms with Gasteiger partial charge in [-0.05, 0) is 31.5 Å². The molecule has 7 nitrogen and oxygen atoms in total. The minimum absolute atomic E-state index is 0.129. The van der Waals surface area contributed by atoms with E-state index in [9.17, 15) is 10.1 Å². The van der Waals surface area contributed by atoms with Gasteiger partial charge in [-0.3, -0.25) is 10.1 Å². The summed E-state index contributed by atoms with van der Waals surface area (Å²) < 4.78 is 0. The molecule has 3 aromatic rings. The molecule has 0 radical (unpaired) electrons. The third-order valence-corrected chi connectivity index (χ3v) is 4.21. The second kappa shape index (κ2) is 8.27. The molecule has 138 valence electrons. The summed E-state index contributed by atoms with van der Waals surface area (Å²) in [5.41, 5.74) is 2.89. The molecule has 27 heavy (non-hydrogen) atoms. The van der Waals surface area contributed by atoms with Crippen LogP contribution in [0.25, 0.3) is 0 Å². The molecular weight excluding hydrogens is 342 g/mol. The predicted molar refractivity (Wildman–Crippen MR) is 106 cm³/mol. The van der Waals surface area contributed by atoms with Gasteiger partial charge in [-0.15, -0.1) is 0 Å². The highest BCUT2D eigenvalue weighted by Crippen LogP contribution is 2.35. The first-order valence-corrected chi connectivity index (χ1v) is 8.71. The summed E-state index contributed by atoms with van der Waals surface area (Å²) in [7, 11) is 0. The highest BCUT2D eigenvalue weighted by molar-refractivity contribution is 5.75. The Morgan fingerprint density at radius 2 is 1.78 bits per heavy atom. The van der Waals surface area contributed by atoms with Crippen molar-refractivity contribution >= 4 is 23.0 Å². The van der Waals surface area contributed by atoms with Crippen LogP contribution in [0.3, 0.4) is 0 Å². The lowest BCUT2D eigenvalue weighted by Crippen LogP contribution is -2.20. The molecule has 0 aliphatic carbocycles. The van der Waals surface area contributed by atoms with E-state index in [1.165, 1.54) is 6.33 Å². The average molecular weight is 363 g/mol. The topological polar surface area (TPSA) is 84.2 Å². The van der Waals surface area contributed by atoms with Crippen molar-refractivity contribution in [1.82, 2.24) is 9.97 Å². The predicted octanol–water partition coefficient (Wildman–Crippen LogP) is 4.46. The zero-order chi connectivity index (χ0) is 19.2. The Balaban J connectivity index is 1.94. The van der Waals surface area contributed by atoms with Gasteiger partial charge in [0.15, 0.2) is 0 Å². The molecule has 2 aromatic carbocycles. The fourth-order valence-corrected chi connectivity index (χ4v) is 2.82. The molecule has 0 atom stereocenters. The zero-order valence-electron chi connectivity index (χ0n) is 15.3. The highest BCUT2D eigenvalue weighted by atomic mass is 16.6. The Kier molecular flexibility index (Phi) is 5.61. The van der Waals surface area contributed by atoms with Crippen LogP contribution in [0, 0.1) is 17.0 Å². The first-order valence-electron chi connectivity index (χ1n) is 8.71. The van der Waals surface area contributed by atoms with Crippen molar-refractivity contribution in [3.63, 3.8) is 0 Å². The molecule has 1 N–H and O–H groups in total. The Labute approximate surface area is 157 Å². The Morgan fingerprint density at radius 1 is 1.07 bits per heavy atom. The SMILES string of the molecule is CCN(c1ccccc1)c1ncnc(NCc2ccc(C)cc2)c1[N+](=O)[O-]. The second-order valence-corrected chi connectivity index (χ2v) is 6.07. The van der Waals surface area contributed by atoms with Crippen LogP contribution in [0.5, 0.6) is 0 Å². The number of hydrogen-bond acceptors (Lipinski definition) is 6. The van der Waals surface area contributed by atoms with Crippen molar-refractivity contribution in [2.75, 3.05) is 16.8 Å². The number of nitrogens with one attached hydrogen (secondary N) is 1. The lowest BCUT2D eigenvalue weighted by molar-refractivity contribution is -0.383. The van der Waals surface area contributed by atoms with Gasteiger partial charge in [0.2, 0.25) is 11.6 Å². The van der Waals surface area contributed by atoms with Crippen LogP contribution >= 0.6 is 0 Å². The molecule has 0 fully saturated rings. The van der Waals surface area contributed by atoms with Gasteiger partial charge < -0.3 is 10.2 Å². The number of aromatic nitrogens is 2. The number of nitro groups is 1. The number of aryl methyl sites for hydroxylation is 1. The summed E-state index contributed by atoms with van der Waals surface area (Å²) in [6.45, 7) is 4.92. The monoisotopic (exact) mass is 363 g/mol. The minimum Gasteiger partial charge on any atom is -0.360 e. The van der Waals surface area contributed by atoms with E-state index in [0.29, 0.717) is 13.1 Å². The van der Waals surface area contributed by atoms with Crippen LogP contribution in [0.2, 0.25) is 0 Å². The van der Waals surface area contributed by atoms with Crippen molar-refractivity contribution in [2.24, 2.45) is 0 Å². The van der Waals surface area contributed by atoms with Crippen molar-refractivity contribution < 1.29 is 4.92 Å². The van der Waals surface area contributed by atoms with E-state index in [2.05, 4.69) is 15.3 Å². The summed E-state index contributed by atoms with van der Waals surface area (Å²) >= 11 is 0. The van der Waals surface area contributed by atoms with Crippen molar-refractivity contribution in [3.05, 3.63) is 82.2 Å². The lowest BCUT2D eigenvalue weighted by atomic mass is 10.1. The van der Waals surface area contributed by atoms with Gasteiger partial charge in [-0.1, -0.05) is 48.0 Å². The molecule has 1 heterocycles. The van der Waals surface area contributed by atoms with Crippen LogP contribution in [-0.2, 0) is 6.54 Å². The van der Waals surface area contributed by atoms with E-state index < -0.39 is 4.92 Å². The quantitative estimate of drug-likeness (QED) is 0.493. The Bertz CT molecular complexity index is 913. The van der Waals surface area contributed by atoms with Crippen LogP contribution in [-0.4, -0.2) is 21.4 Å². The van der Waals surface area contributed by atoms with E-state index in [0.717, 1.165) is 16.8 Å².